The van der Waals surface area contributed by atoms with Gasteiger partial charge in [-0.1, -0.05) is 67.6 Å². The van der Waals surface area contributed by atoms with Crippen LogP contribution in [0.1, 0.15) is 35.3 Å². The number of carbonyl (C=O) groups excluding carboxylic acids is 1. The lowest BCUT2D eigenvalue weighted by atomic mass is 9.99. The van der Waals surface area contributed by atoms with Gasteiger partial charge in [0, 0.05) is 10.9 Å². The quantitative estimate of drug-likeness (QED) is 0.378. The number of nitrogens with zero attached hydrogens (tertiary/aromatic N) is 1. The number of aromatic nitrogens is 1. The second-order valence-electron chi connectivity index (χ2n) is 7.96. The van der Waals surface area contributed by atoms with Gasteiger partial charge in [-0.15, -0.1) is 0 Å². The first-order valence-corrected chi connectivity index (χ1v) is 12.7. The molecule has 1 unspecified atom stereocenters. The Bertz CT molecular complexity index is 1460. The summed E-state index contributed by atoms with van der Waals surface area (Å²) in [7, 11) is -3.74. The third kappa shape index (κ3) is 5.07. The van der Waals surface area contributed by atoms with Crippen molar-refractivity contribution in [2.75, 3.05) is 11.0 Å². The maximum Gasteiger partial charge on any atom is 0.254 e. The number of fused-ring (bicyclic) bond motifs is 1. The summed E-state index contributed by atoms with van der Waals surface area (Å²) in [6, 6.07) is 21.7. The molecule has 0 saturated carbocycles. The van der Waals surface area contributed by atoms with Crippen molar-refractivity contribution in [2.45, 2.75) is 19.4 Å². The summed E-state index contributed by atoms with van der Waals surface area (Å²) in [6.45, 7) is 1.88. The van der Waals surface area contributed by atoms with Gasteiger partial charge in [0.25, 0.3) is 5.91 Å². The lowest BCUT2D eigenvalue weighted by molar-refractivity contribution is 0.0938. The van der Waals surface area contributed by atoms with Gasteiger partial charge in [0.1, 0.15) is 5.82 Å². The number of pyridine rings is 1. The van der Waals surface area contributed by atoms with Gasteiger partial charge in [-0.2, -0.15) is 0 Å². The molecule has 0 aliphatic carbocycles. The molecule has 0 spiro atoms. The molecule has 1 heterocycles. The third-order valence-corrected chi connectivity index (χ3v) is 5.99. The third-order valence-electron chi connectivity index (χ3n) is 5.42. The predicted octanol–water partition coefficient (Wildman–Crippen LogP) is 5.29. The molecule has 4 rings (SSSR count). The lowest BCUT2D eigenvalue weighted by Crippen LogP contribution is -2.30. The molecule has 0 bridgehead atoms. The van der Waals surface area contributed by atoms with Crippen LogP contribution in [0.3, 0.4) is 0 Å². The van der Waals surface area contributed by atoms with Gasteiger partial charge in [0.2, 0.25) is 10.0 Å². The standard InChI is InChI=1S/C26H24FN3O3S/c1-3-21(18-12-9-13-19(27)16-18)29-26(31)23-20-14-7-8-15-22(20)28-24(17-10-5-4-6-11-17)25(23)30-34(2,32)33/h4-16,21,30H,3H2,1-2H3,(H,29,31). The highest BCUT2D eigenvalue weighted by molar-refractivity contribution is 7.92. The van der Waals surface area contributed by atoms with Crippen molar-refractivity contribution >= 4 is 32.5 Å². The Hall–Kier alpha value is -3.78. The number of nitrogens with one attached hydrogen (secondary N) is 2. The molecule has 4 aromatic rings. The van der Waals surface area contributed by atoms with E-state index >= 15 is 0 Å². The molecule has 1 atom stereocenters. The van der Waals surface area contributed by atoms with Crippen molar-refractivity contribution in [3.8, 4) is 11.3 Å². The summed E-state index contributed by atoms with van der Waals surface area (Å²) in [6.07, 6.45) is 1.54. The van der Waals surface area contributed by atoms with Crippen LogP contribution < -0.4 is 10.0 Å². The summed E-state index contributed by atoms with van der Waals surface area (Å²) in [5.41, 5.74) is 2.42. The van der Waals surface area contributed by atoms with E-state index in [0.717, 1.165) is 6.26 Å². The minimum absolute atomic E-state index is 0.0963. The second kappa shape index (κ2) is 9.61. The zero-order chi connectivity index (χ0) is 24.3. The topological polar surface area (TPSA) is 88.2 Å². The Kier molecular flexibility index (Phi) is 6.61. The van der Waals surface area contributed by atoms with Crippen LogP contribution in [0.4, 0.5) is 10.1 Å². The summed E-state index contributed by atoms with van der Waals surface area (Å²) < 4.78 is 41.0. The van der Waals surface area contributed by atoms with Gasteiger partial charge >= 0.3 is 0 Å². The van der Waals surface area contributed by atoms with E-state index in [1.165, 1.54) is 12.1 Å². The van der Waals surface area contributed by atoms with Crippen molar-refractivity contribution in [1.82, 2.24) is 10.3 Å². The number of amides is 1. The zero-order valence-electron chi connectivity index (χ0n) is 18.7. The molecule has 6 nitrogen and oxygen atoms in total. The van der Waals surface area contributed by atoms with E-state index in [0.29, 0.717) is 34.1 Å². The number of hydrogen-bond acceptors (Lipinski definition) is 4. The van der Waals surface area contributed by atoms with Crippen LogP contribution in [-0.2, 0) is 10.0 Å². The van der Waals surface area contributed by atoms with Gasteiger partial charge < -0.3 is 5.32 Å². The Morgan fingerprint density at radius 3 is 2.38 bits per heavy atom. The molecule has 34 heavy (non-hydrogen) atoms. The van der Waals surface area contributed by atoms with Crippen LogP contribution in [-0.4, -0.2) is 25.6 Å². The van der Waals surface area contributed by atoms with E-state index in [4.69, 9.17) is 0 Å². The fraction of sp³-hybridized carbons (Fsp3) is 0.154. The molecule has 3 aromatic carbocycles. The van der Waals surface area contributed by atoms with Crippen LogP contribution in [0, 0.1) is 5.82 Å². The molecule has 8 heteroatoms. The summed E-state index contributed by atoms with van der Waals surface area (Å²) in [5.74, 6) is -0.886. The SMILES string of the molecule is CCC(NC(=O)c1c(NS(C)(=O)=O)c(-c2ccccc2)nc2ccccc12)c1cccc(F)c1. The monoisotopic (exact) mass is 477 g/mol. The van der Waals surface area contributed by atoms with Gasteiger partial charge in [-0.25, -0.2) is 17.8 Å². The summed E-state index contributed by atoms with van der Waals surface area (Å²) in [5, 5.41) is 3.46. The number of rotatable bonds is 7. The van der Waals surface area contributed by atoms with Gasteiger partial charge in [0.15, 0.2) is 0 Å². The number of para-hydroxylation sites is 1. The van der Waals surface area contributed by atoms with E-state index in [9.17, 15) is 17.6 Å². The van der Waals surface area contributed by atoms with Crippen molar-refractivity contribution < 1.29 is 17.6 Å². The average molecular weight is 478 g/mol. The van der Waals surface area contributed by atoms with E-state index in [1.807, 2.05) is 25.1 Å². The molecule has 0 saturated heterocycles. The maximum absolute atomic E-state index is 13.8. The number of anilines is 1. The Morgan fingerprint density at radius 1 is 1.00 bits per heavy atom. The smallest absolute Gasteiger partial charge is 0.254 e. The molecule has 0 aliphatic heterocycles. The molecule has 0 fully saturated rings. The Balaban J connectivity index is 1.92. The van der Waals surface area contributed by atoms with Crippen molar-refractivity contribution in [3.05, 3.63) is 95.8 Å². The number of benzene rings is 3. The molecule has 174 valence electrons. The first-order valence-electron chi connectivity index (χ1n) is 10.8. The van der Waals surface area contributed by atoms with Gasteiger partial charge in [-0.3, -0.25) is 9.52 Å². The molecular weight excluding hydrogens is 453 g/mol. The van der Waals surface area contributed by atoms with Crippen molar-refractivity contribution in [1.29, 1.82) is 0 Å². The Labute approximate surface area is 197 Å². The van der Waals surface area contributed by atoms with Crippen LogP contribution in [0.25, 0.3) is 22.2 Å². The minimum Gasteiger partial charge on any atom is -0.345 e. The molecule has 1 aromatic heterocycles. The highest BCUT2D eigenvalue weighted by Gasteiger charge is 2.25. The first kappa shape index (κ1) is 23.4. The number of halogens is 1. The highest BCUT2D eigenvalue weighted by atomic mass is 32.2. The predicted molar refractivity (Wildman–Crippen MR) is 133 cm³/mol. The molecule has 2 N–H and O–H groups in total. The fourth-order valence-corrected chi connectivity index (χ4v) is 4.48. The number of carbonyl (C=O) groups is 1. The van der Waals surface area contributed by atoms with E-state index in [-0.39, 0.29) is 11.3 Å². The molecule has 1 amide bonds. The zero-order valence-corrected chi connectivity index (χ0v) is 19.6. The van der Waals surface area contributed by atoms with Crippen molar-refractivity contribution in [3.63, 3.8) is 0 Å². The largest absolute Gasteiger partial charge is 0.345 e. The Morgan fingerprint density at radius 2 is 1.71 bits per heavy atom. The molecule has 0 aliphatic rings. The number of sulfonamides is 1. The fourth-order valence-electron chi connectivity index (χ4n) is 3.91. The van der Waals surface area contributed by atoms with Crippen LogP contribution in [0.5, 0.6) is 0 Å². The second-order valence-corrected chi connectivity index (χ2v) is 9.71. The van der Waals surface area contributed by atoms with Crippen LogP contribution >= 0.6 is 0 Å². The first-order chi connectivity index (χ1) is 16.3. The number of hydrogen-bond donors (Lipinski definition) is 2. The minimum atomic E-state index is -3.74. The van der Waals surface area contributed by atoms with E-state index in [2.05, 4.69) is 15.0 Å². The summed E-state index contributed by atoms with van der Waals surface area (Å²) in [4.78, 5) is 18.4. The van der Waals surface area contributed by atoms with Crippen molar-refractivity contribution in [2.24, 2.45) is 0 Å². The van der Waals surface area contributed by atoms with E-state index < -0.39 is 27.8 Å². The average Bonchev–Trinajstić information content (AvgIpc) is 2.81. The normalized spacial score (nSPS) is 12.3. The van der Waals surface area contributed by atoms with Gasteiger partial charge in [-0.05, 0) is 30.2 Å². The highest BCUT2D eigenvalue weighted by Crippen LogP contribution is 2.35. The van der Waals surface area contributed by atoms with Crippen LogP contribution in [0.2, 0.25) is 0 Å². The van der Waals surface area contributed by atoms with E-state index in [1.54, 1.807) is 48.5 Å². The molecular formula is C26H24FN3O3S. The molecule has 0 radical (unpaired) electrons. The van der Waals surface area contributed by atoms with Gasteiger partial charge in [0.05, 0.1) is 34.8 Å². The summed E-state index contributed by atoms with van der Waals surface area (Å²) >= 11 is 0. The van der Waals surface area contributed by atoms with Crippen LogP contribution in [0.15, 0.2) is 78.9 Å². The maximum atomic E-state index is 13.8. The lowest BCUT2D eigenvalue weighted by Gasteiger charge is -2.21.